The standard InChI is InChI=1S/C30H37N3O4/c1-2-37-28-16-25(19-4-3-5-19)24(20-6-7-20)15-22(28)18-32-11-8-23(9-12-32)33-13-10-27-26(29(33)34)14-21(17-31-27)30(35)36/h14-17,19-20,23H,2-13,18H2,1H3,(H,35,36). The highest BCUT2D eigenvalue weighted by Crippen LogP contribution is 2.49. The minimum atomic E-state index is -1.05. The van der Waals surface area contributed by atoms with E-state index in [9.17, 15) is 14.7 Å². The van der Waals surface area contributed by atoms with Gasteiger partial charge in [-0.15, -0.1) is 0 Å². The summed E-state index contributed by atoms with van der Waals surface area (Å²) in [6.45, 7) is 6.15. The van der Waals surface area contributed by atoms with E-state index in [1.54, 1.807) is 11.1 Å². The highest BCUT2D eigenvalue weighted by Gasteiger charge is 2.35. The second-order valence-electron chi connectivity index (χ2n) is 11.2. The second kappa shape index (κ2) is 10.1. The van der Waals surface area contributed by atoms with Crippen LogP contribution in [-0.2, 0) is 13.0 Å². The van der Waals surface area contributed by atoms with Crippen molar-refractivity contribution in [2.45, 2.75) is 82.7 Å². The molecule has 1 N–H and O–H groups in total. The van der Waals surface area contributed by atoms with E-state index < -0.39 is 5.97 Å². The van der Waals surface area contributed by atoms with Crippen LogP contribution >= 0.6 is 0 Å². The van der Waals surface area contributed by atoms with E-state index in [2.05, 4.69) is 28.9 Å². The number of rotatable bonds is 8. The van der Waals surface area contributed by atoms with Gasteiger partial charge in [0.2, 0.25) is 0 Å². The first kappa shape index (κ1) is 24.4. The van der Waals surface area contributed by atoms with Crippen LogP contribution in [0.4, 0.5) is 0 Å². The lowest BCUT2D eigenvalue weighted by molar-refractivity contribution is 0.0543. The van der Waals surface area contributed by atoms with Crippen LogP contribution < -0.4 is 4.74 Å². The maximum absolute atomic E-state index is 13.3. The van der Waals surface area contributed by atoms with Crippen LogP contribution in [0.3, 0.4) is 0 Å². The molecule has 4 aliphatic rings. The average molecular weight is 504 g/mol. The van der Waals surface area contributed by atoms with Crippen LogP contribution in [0.15, 0.2) is 24.4 Å². The number of aromatic nitrogens is 1. The molecule has 196 valence electrons. The number of hydrogen-bond acceptors (Lipinski definition) is 5. The maximum Gasteiger partial charge on any atom is 0.337 e. The van der Waals surface area contributed by atoms with Gasteiger partial charge in [0.05, 0.1) is 23.4 Å². The minimum Gasteiger partial charge on any atom is -0.494 e. The Morgan fingerprint density at radius 2 is 1.76 bits per heavy atom. The first-order valence-corrected chi connectivity index (χ1v) is 14.1. The van der Waals surface area contributed by atoms with E-state index in [4.69, 9.17) is 4.74 Å². The lowest BCUT2D eigenvalue weighted by Crippen LogP contribution is -2.50. The van der Waals surface area contributed by atoms with Crippen molar-refractivity contribution in [2.24, 2.45) is 0 Å². The third kappa shape index (κ3) is 4.86. The van der Waals surface area contributed by atoms with E-state index >= 15 is 0 Å². The van der Waals surface area contributed by atoms with E-state index in [-0.39, 0.29) is 17.5 Å². The zero-order valence-corrected chi connectivity index (χ0v) is 21.7. The van der Waals surface area contributed by atoms with E-state index in [0.29, 0.717) is 36.7 Å². The number of fused-ring (bicyclic) bond motifs is 1. The van der Waals surface area contributed by atoms with Gasteiger partial charge >= 0.3 is 5.97 Å². The predicted molar refractivity (Wildman–Crippen MR) is 140 cm³/mol. The Balaban J connectivity index is 1.14. The number of benzene rings is 1. The number of piperidine rings is 1. The van der Waals surface area contributed by atoms with Crippen LogP contribution in [-0.4, -0.2) is 64.0 Å². The van der Waals surface area contributed by atoms with E-state index in [1.165, 1.54) is 49.9 Å². The molecule has 3 fully saturated rings. The van der Waals surface area contributed by atoms with Gasteiger partial charge in [0.15, 0.2) is 0 Å². The normalized spacial score (nSPS) is 21.0. The number of amides is 1. The lowest BCUT2D eigenvalue weighted by atomic mass is 9.77. The molecule has 2 aromatic rings. The topological polar surface area (TPSA) is 83.0 Å². The first-order valence-electron chi connectivity index (χ1n) is 14.1. The number of likely N-dealkylation sites (tertiary alicyclic amines) is 1. The van der Waals surface area contributed by atoms with E-state index in [1.807, 2.05) is 4.90 Å². The van der Waals surface area contributed by atoms with Gasteiger partial charge in [-0.25, -0.2) is 4.79 Å². The van der Waals surface area contributed by atoms with Gasteiger partial charge in [0, 0.05) is 50.4 Å². The fourth-order valence-corrected chi connectivity index (χ4v) is 6.35. The molecule has 1 aromatic carbocycles. The van der Waals surface area contributed by atoms with Crippen molar-refractivity contribution in [3.8, 4) is 5.75 Å². The summed E-state index contributed by atoms with van der Waals surface area (Å²) in [5.74, 6) is 1.38. The van der Waals surface area contributed by atoms with Crippen molar-refractivity contribution in [3.63, 3.8) is 0 Å². The van der Waals surface area contributed by atoms with Gasteiger partial charge in [0.1, 0.15) is 5.75 Å². The van der Waals surface area contributed by atoms with Crippen LogP contribution in [0.2, 0.25) is 0 Å². The van der Waals surface area contributed by atoms with Gasteiger partial charge in [-0.2, -0.15) is 0 Å². The van der Waals surface area contributed by atoms with Gasteiger partial charge in [-0.3, -0.25) is 14.7 Å². The molecule has 0 radical (unpaired) electrons. The molecule has 2 aliphatic heterocycles. The first-order chi connectivity index (χ1) is 18.0. The summed E-state index contributed by atoms with van der Waals surface area (Å²) in [6.07, 6.45) is 10.5. The third-order valence-corrected chi connectivity index (χ3v) is 8.82. The Morgan fingerprint density at radius 1 is 1.03 bits per heavy atom. The fraction of sp³-hybridized carbons (Fsp3) is 0.567. The number of carbonyl (C=O) groups excluding carboxylic acids is 1. The summed E-state index contributed by atoms with van der Waals surface area (Å²) in [5.41, 5.74) is 5.66. The van der Waals surface area contributed by atoms with Crippen LogP contribution in [0.25, 0.3) is 0 Å². The Morgan fingerprint density at radius 3 is 2.41 bits per heavy atom. The molecule has 1 aromatic heterocycles. The summed E-state index contributed by atoms with van der Waals surface area (Å²) in [7, 11) is 0. The number of pyridine rings is 1. The maximum atomic E-state index is 13.3. The summed E-state index contributed by atoms with van der Waals surface area (Å²) in [6, 6.07) is 6.50. The molecule has 2 aliphatic carbocycles. The Labute approximate surface area is 218 Å². The number of aromatic carboxylic acids is 1. The zero-order valence-electron chi connectivity index (χ0n) is 21.7. The SMILES string of the molecule is CCOc1cc(C2CCC2)c(C2CC2)cc1CN1CCC(N2CCc3ncc(C(=O)O)cc3C2=O)CC1. The van der Waals surface area contributed by atoms with Crippen LogP contribution in [0, 0.1) is 0 Å². The molecule has 1 amide bonds. The highest BCUT2D eigenvalue weighted by atomic mass is 16.5. The number of hydrogen-bond donors (Lipinski definition) is 1. The minimum absolute atomic E-state index is 0.0720. The van der Waals surface area contributed by atoms with E-state index in [0.717, 1.165) is 44.1 Å². The molecule has 2 saturated carbocycles. The Bertz CT molecular complexity index is 1200. The van der Waals surface area contributed by atoms with Crippen molar-refractivity contribution in [1.29, 1.82) is 0 Å². The predicted octanol–water partition coefficient (Wildman–Crippen LogP) is 4.99. The van der Waals surface area contributed by atoms with Crippen molar-refractivity contribution >= 4 is 11.9 Å². The molecular formula is C30H37N3O4. The van der Waals surface area contributed by atoms with Crippen LogP contribution in [0.1, 0.15) is 107 Å². The molecular weight excluding hydrogens is 466 g/mol. The molecule has 1 saturated heterocycles. The van der Waals surface area contributed by atoms with Crippen molar-refractivity contribution in [2.75, 3.05) is 26.2 Å². The molecule has 37 heavy (non-hydrogen) atoms. The molecule has 0 spiro atoms. The van der Waals surface area contributed by atoms with Gasteiger partial charge < -0.3 is 14.7 Å². The largest absolute Gasteiger partial charge is 0.494 e. The van der Waals surface area contributed by atoms with Gasteiger partial charge in [-0.05, 0) is 80.5 Å². The second-order valence-corrected chi connectivity index (χ2v) is 11.2. The monoisotopic (exact) mass is 503 g/mol. The molecule has 0 atom stereocenters. The number of carboxylic acid groups (broad SMARTS) is 1. The number of ether oxygens (including phenoxy) is 1. The summed E-state index contributed by atoms with van der Waals surface area (Å²) in [5, 5.41) is 9.32. The molecule has 7 nitrogen and oxygen atoms in total. The highest BCUT2D eigenvalue weighted by molar-refractivity contribution is 5.99. The fourth-order valence-electron chi connectivity index (χ4n) is 6.35. The number of nitrogens with zero attached hydrogens (tertiary/aromatic N) is 3. The Kier molecular flexibility index (Phi) is 6.65. The van der Waals surface area contributed by atoms with Crippen molar-refractivity contribution in [1.82, 2.24) is 14.8 Å². The quantitative estimate of drug-likeness (QED) is 0.547. The van der Waals surface area contributed by atoms with Crippen molar-refractivity contribution < 1.29 is 19.4 Å². The van der Waals surface area contributed by atoms with Gasteiger partial charge in [0.25, 0.3) is 5.91 Å². The molecule has 7 heteroatoms. The summed E-state index contributed by atoms with van der Waals surface area (Å²) < 4.78 is 6.16. The Hall–Kier alpha value is -2.93. The number of carboxylic acids is 1. The summed E-state index contributed by atoms with van der Waals surface area (Å²) in [4.78, 5) is 33.4. The third-order valence-electron chi connectivity index (χ3n) is 8.82. The summed E-state index contributed by atoms with van der Waals surface area (Å²) >= 11 is 0. The smallest absolute Gasteiger partial charge is 0.337 e. The van der Waals surface area contributed by atoms with Crippen LogP contribution in [0.5, 0.6) is 5.75 Å². The molecule has 3 heterocycles. The molecule has 0 unspecified atom stereocenters. The molecule has 6 rings (SSSR count). The molecule has 0 bridgehead atoms. The van der Waals surface area contributed by atoms with Gasteiger partial charge in [-0.1, -0.05) is 12.5 Å². The lowest BCUT2D eigenvalue weighted by Gasteiger charge is -2.40. The average Bonchev–Trinajstić information content (AvgIpc) is 3.71. The number of carbonyl (C=O) groups is 2. The van der Waals surface area contributed by atoms with Crippen molar-refractivity contribution in [3.05, 3.63) is 57.9 Å². The zero-order chi connectivity index (χ0) is 25.5.